The first kappa shape index (κ1) is 14.7. The van der Waals surface area contributed by atoms with Crippen LogP contribution < -0.4 is 0 Å². The van der Waals surface area contributed by atoms with Crippen LogP contribution in [0.3, 0.4) is 0 Å². The van der Waals surface area contributed by atoms with Crippen LogP contribution in [0.2, 0.25) is 0 Å². The second-order valence-corrected chi connectivity index (χ2v) is 2.29. The van der Waals surface area contributed by atoms with E-state index in [2.05, 4.69) is 0 Å². The van der Waals surface area contributed by atoms with Crippen molar-refractivity contribution in [3.8, 4) is 0 Å². The summed E-state index contributed by atoms with van der Waals surface area (Å²) in [5.41, 5.74) is 0. The number of alkyl halides is 4. The summed E-state index contributed by atoms with van der Waals surface area (Å²) in [5.74, 6) is -4.24. The molecule has 0 unspecified atom stereocenters. The molecule has 0 aliphatic rings. The average Bonchev–Trinajstić information content (AvgIpc) is 2.05. The van der Waals surface area contributed by atoms with E-state index in [-0.39, 0.29) is 0 Å². The number of nitrogens with zero attached hydrogens (tertiary/aromatic N) is 1. The Kier molecular flexibility index (Phi) is 7.49. The van der Waals surface area contributed by atoms with Crippen LogP contribution in [0.15, 0.2) is 0 Å². The molecular weight excluding hydrogens is 194 g/mol. The van der Waals surface area contributed by atoms with Crippen LogP contribution >= 0.6 is 0 Å². The lowest BCUT2D eigenvalue weighted by atomic mass is 10.4. The standard InChI is InChI=1S/C3H4F4O.C3H7NO/c4-2(5)3(6,7)1-8;1-4(2)3-5/h2,8H,1H2;3H,1-2H3. The Morgan fingerprint density at radius 2 is 1.77 bits per heavy atom. The highest BCUT2D eigenvalue weighted by Crippen LogP contribution is 2.20. The molecule has 3 nitrogen and oxygen atoms in total. The van der Waals surface area contributed by atoms with Gasteiger partial charge in [-0.1, -0.05) is 0 Å². The quantitative estimate of drug-likeness (QED) is 0.541. The first-order chi connectivity index (χ1) is 5.77. The van der Waals surface area contributed by atoms with Crippen LogP contribution in [-0.4, -0.2) is 49.5 Å². The Labute approximate surface area is 72.9 Å². The number of amides is 1. The second-order valence-electron chi connectivity index (χ2n) is 2.29. The van der Waals surface area contributed by atoms with E-state index in [0.29, 0.717) is 0 Å². The lowest BCUT2D eigenvalue weighted by Gasteiger charge is -2.09. The first-order valence-electron chi connectivity index (χ1n) is 3.16. The van der Waals surface area contributed by atoms with Crippen molar-refractivity contribution in [1.82, 2.24) is 4.90 Å². The Morgan fingerprint density at radius 1 is 1.46 bits per heavy atom. The molecule has 0 heterocycles. The van der Waals surface area contributed by atoms with E-state index in [1.807, 2.05) is 0 Å². The van der Waals surface area contributed by atoms with E-state index >= 15 is 0 Å². The van der Waals surface area contributed by atoms with Gasteiger partial charge in [0.05, 0.1) is 0 Å². The fourth-order valence-corrected chi connectivity index (χ4v) is 0.0690. The second kappa shape index (κ2) is 6.64. The number of hydrogen-bond acceptors (Lipinski definition) is 2. The normalized spacial score (nSPS) is 10.5. The number of aliphatic hydroxyl groups is 1. The number of halogens is 4. The van der Waals surface area contributed by atoms with Crippen LogP contribution in [-0.2, 0) is 4.79 Å². The van der Waals surface area contributed by atoms with E-state index < -0.39 is 19.0 Å². The molecule has 0 aromatic heterocycles. The smallest absolute Gasteiger partial charge is 0.329 e. The van der Waals surface area contributed by atoms with E-state index in [0.717, 1.165) is 6.41 Å². The van der Waals surface area contributed by atoms with Crippen molar-refractivity contribution in [2.45, 2.75) is 12.3 Å². The molecule has 0 bridgehead atoms. The lowest BCUT2D eigenvalue weighted by molar-refractivity contribution is -0.153. The van der Waals surface area contributed by atoms with Crippen molar-refractivity contribution in [1.29, 1.82) is 0 Å². The monoisotopic (exact) mass is 205 g/mol. The van der Waals surface area contributed by atoms with E-state index in [1.54, 1.807) is 14.1 Å². The highest BCUT2D eigenvalue weighted by Gasteiger charge is 2.39. The molecular formula is C6H11F4NO2. The molecule has 0 atom stereocenters. The topological polar surface area (TPSA) is 40.5 Å². The summed E-state index contributed by atoms with van der Waals surface area (Å²) in [7, 11) is 3.38. The van der Waals surface area contributed by atoms with Gasteiger partial charge in [-0.2, -0.15) is 8.78 Å². The molecule has 0 saturated heterocycles. The maximum Gasteiger partial charge on any atom is 0.329 e. The van der Waals surface area contributed by atoms with Crippen molar-refractivity contribution >= 4 is 6.41 Å². The predicted octanol–water partition coefficient (Wildman–Crippen LogP) is 0.583. The summed E-state index contributed by atoms with van der Waals surface area (Å²) in [6.07, 6.45) is -3.02. The van der Waals surface area contributed by atoms with E-state index in [9.17, 15) is 22.4 Å². The SMILES string of the molecule is CN(C)C=O.OCC(F)(F)C(F)F. The summed E-state index contributed by atoms with van der Waals surface area (Å²) in [6, 6.07) is 0. The van der Waals surface area contributed by atoms with Crippen LogP contribution in [0, 0.1) is 0 Å². The summed E-state index contributed by atoms with van der Waals surface area (Å²) in [4.78, 5) is 10.9. The molecule has 0 spiro atoms. The van der Waals surface area contributed by atoms with Crippen molar-refractivity contribution in [2.75, 3.05) is 20.7 Å². The molecule has 1 amide bonds. The lowest BCUT2D eigenvalue weighted by Crippen LogP contribution is -2.30. The Bertz CT molecular complexity index is 141. The van der Waals surface area contributed by atoms with Gasteiger partial charge < -0.3 is 10.0 Å². The van der Waals surface area contributed by atoms with Crippen LogP contribution in [0.4, 0.5) is 17.6 Å². The Balaban J connectivity index is 0. The molecule has 0 fully saturated rings. The molecule has 80 valence electrons. The fraction of sp³-hybridized carbons (Fsp3) is 0.833. The summed E-state index contributed by atoms with van der Waals surface area (Å²) in [5, 5.41) is 7.53. The maximum atomic E-state index is 11.3. The minimum absolute atomic E-state index is 0.750. The number of aliphatic hydroxyl groups excluding tert-OH is 1. The predicted molar refractivity (Wildman–Crippen MR) is 37.8 cm³/mol. The van der Waals surface area contributed by atoms with E-state index in [1.165, 1.54) is 4.90 Å². The highest BCUT2D eigenvalue weighted by atomic mass is 19.3. The molecule has 0 rings (SSSR count). The minimum Gasteiger partial charge on any atom is -0.390 e. The Morgan fingerprint density at radius 3 is 1.77 bits per heavy atom. The molecule has 0 radical (unpaired) electrons. The number of hydrogen-bond donors (Lipinski definition) is 1. The number of rotatable bonds is 3. The van der Waals surface area contributed by atoms with Gasteiger partial charge in [0.25, 0.3) is 0 Å². The molecule has 0 aliphatic carbocycles. The molecule has 7 heteroatoms. The fourth-order valence-electron chi connectivity index (χ4n) is 0.0690. The molecule has 0 aromatic carbocycles. The number of carbonyl (C=O) groups is 1. The van der Waals surface area contributed by atoms with E-state index in [4.69, 9.17) is 5.11 Å². The molecule has 0 aliphatic heterocycles. The zero-order valence-electron chi connectivity index (χ0n) is 7.18. The average molecular weight is 205 g/mol. The summed E-state index contributed by atoms with van der Waals surface area (Å²) < 4.78 is 44.4. The first-order valence-corrected chi connectivity index (χ1v) is 3.16. The summed E-state index contributed by atoms with van der Waals surface area (Å²) >= 11 is 0. The van der Waals surface area contributed by atoms with Crippen molar-refractivity contribution in [2.24, 2.45) is 0 Å². The van der Waals surface area contributed by atoms with Gasteiger partial charge in [-0.3, -0.25) is 4.79 Å². The van der Waals surface area contributed by atoms with Crippen LogP contribution in [0.5, 0.6) is 0 Å². The number of carbonyl (C=O) groups excluding carboxylic acids is 1. The van der Waals surface area contributed by atoms with Crippen molar-refractivity contribution < 1.29 is 27.5 Å². The third-order valence-corrected chi connectivity index (χ3v) is 0.741. The molecule has 1 N–H and O–H groups in total. The third-order valence-electron chi connectivity index (χ3n) is 0.741. The van der Waals surface area contributed by atoms with Gasteiger partial charge in [0.2, 0.25) is 6.41 Å². The van der Waals surface area contributed by atoms with Gasteiger partial charge >= 0.3 is 12.3 Å². The maximum absolute atomic E-state index is 11.3. The highest BCUT2D eigenvalue weighted by molar-refractivity contribution is 5.45. The van der Waals surface area contributed by atoms with Crippen LogP contribution in [0.25, 0.3) is 0 Å². The van der Waals surface area contributed by atoms with Crippen LogP contribution in [0.1, 0.15) is 0 Å². The third kappa shape index (κ3) is 9.06. The zero-order valence-corrected chi connectivity index (χ0v) is 7.18. The van der Waals surface area contributed by atoms with Gasteiger partial charge in [-0.05, 0) is 0 Å². The van der Waals surface area contributed by atoms with Gasteiger partial charge in [0.15, 0.2) is 0 Å². The van der Waals surface area contributed by atoms with Crippen molar-refractivity contribution in [3.63, 3.8) is 0 Å². The largest absolute Gasteiger partial charge is 0.390 e. The van der Waals surface area contributed by atoms with Gasteiger partial charge in [-0.15, -0.1) is 0 Å². The summed E-state index contributed by atoms with van der Waals surface area (Å²) in [6.45, 7) is -1.80. The van der Waals surface area contributed by atoms with Gasteiger partial charge in [-0.25, -0.2) is 8.78 Å². The van der Waals surface area contributed by atoms with Crippen molar-refractivity contribution in [3.05, 3.63) is 0 Å². The molecule has 0 saturated carbocycles. The molecule has 0 aromatic rings. The Hall–Kier alpha value is -0.850. The minimum atomic E-state index is -4.24. The van der Waals surface area contributed by atoms with Gasteiger partial charge in [0.1, 0.15) is 6.61 Å². The molecule has 13 heavy (non-hydrogen) atoms. The zero-order chi connectivity index (χ0) is 11.1. The van der Waals surface area contributed by atoms with Gasteiger partial charge in [0, 0.05) is 14.1 Å².